The van der Waals surface area contributed by atoms with Crippen molar-refractivity contribution in [2.75, 3.05) is 33.4 Å². The lowest BCUT2D eigenvalue weighted by atomic mass is 10.0. The molecule has 2 atom stereocenters. The highest BCUT2D eigenvalue weighted by molar-refractivity contribution is 5.78. The summed E-state index contributed by atoms with van der Waals surface area (Å²) in [5, 5.41) is 0. The molecule has 0 aromatic carbocycles. The third kappa shape index (κ3) is 3.85. The van der Waals surface area contributed by atoms with Gasteiger partial charge >= 0.3 is 6.18 Å². The van der Waals surface area contributed by atoms with Gasteiger partial charge in [-0.05, 0) is 39.3 Å². The van der Waals surface area contributed by atoms with Gasteiger partial charge in [-0.1, -0.05) is 0 Å². The predicted octanol–water partition coefficient (Wildman–Crippen LogP) is 1.65. The van der Waals surface area contributed by atoms with E-state index in [4.69, 9.17) is 0 Å². The quantitative estimate of drug-likeness (QED) is 0.790. The number of hydrogen-bond donors (Lipinski definition) is 0. The summed E-state index contributed by atoms with van der Waals surface area (Å²) in [5.74, 6) is -0.322. The Balaban J connectivity index is 1.85. The predicted molar refractivity (Wildman–Crippen MR) is 67.3 cm³/mol. The monoisotopic (exact) mass is 294 g/mol. The summed E-state index contributed by atoms with van der Waals surface area (Å²) >= 11 is 0. The Labute approximate surface area is 116 Å². The maximum atomic E-state index is 12.0. The van der Waals surface area contributed by atoms with Crippen molar-refractivity contribution in [2.24, 2.45) is 0 Å². The zero-order valence-electron chi connectivity index (χ0n) is 11.7. The third-order valence-electron chi connectivity index (χ3n) is 4.13. The fourth-order valence-corrected chi connectivity index (χ4v) is 3.26. The summed E-state index contributed by atoms with van der Waals surface area (Å²) in [4.78, 5) is 16.0. The molecule has 0 saturated carbocycles. The van der Waals surface area contributed by atoms with Gasteiger partial charge in [0.25, 0.3) is 0 Å². The van der Waals surface area contributed by atoms with Crippen LogP contribution in [0.15, 0.2) is 0 Å². The lowest BCUT2D eigenvalue weighted by Crippen LogP contribution is -2.48. The molecule has 0 spiro atoms. The Kier molecular flexibility index (Phi) is 4.90. The number of hydrogen-bond acceptors (Lipinski definition) is 3. The molecule has 0 aliphatic carbocycles. The minimum Gasteiger partial charge on any atom is -0.362 e. The zero-order chi connectivity index (χ0) is 14.8. The smallest absolute Gasteiger partial charge is 0.362 e. The molecule has 2 fully saturated rings. The van der Waals surface area contributed by atoms with E-state index in [1.54, 1.807) is 4.90 Å². The van der Waals surface area contributed by atoms with E-state index in [1.807, 2.05) is 7.05 Å². The number of ether oxygens (including phenoxy) is 1. The minimum absolute atomic E-state index is 0.129. The Hall–Kier alpha value is -0.820. The summed E-state index contributed by atoms with van der Waals surface area (Å²) in [6.45, 7) is -0.190. The summed E-state index contributed by atoms with van der Waals surface area (Å²) in [5.41, 5.74) is 0. The molecular formula is C13H21F3N2O2. The average molecular weight is 294 g/mol. The molecule has 20 heavy (non-hydrogen) atoms. The van der Waals surface area contributed by atoms with Gasteiger partial charge in [0.2, 0.25) is 5.91 Å². The van der Waals surface area contributed by atoms with Crippen molar-refractivity contribution in [2.45, 2.75) is 43.9 Å². The van der Waals surface area contributed by atoms with Crippen LogP contribution < -0.4 is 0 Å². The molecule has 0 unspecified atom stereocenters. The molecule has 7 heteroatoms. The summed E-state index contributed by atoms with van der Waals surface area (Å²) < 4.78 is 40.5. The Morgan fingerprint density at radius 3 is 2.45 bits per heavy atom. The van der Waals surface area contributed by atoms with Crippen LogP contribution in [-0.4, -0.2) is 67.3 Å². The van der Waals surface area contributed by atoms with Crippen molar-refractivity contribution in [1.82, 2.24) is 9.80 Å². The maximum absolute atomic E-state index is 12.0. The summed E-state index contributed by atoms with van der Waals surface area (Å²) in [6.07, 6.45) is -0.366. The van der Waals surface area contributed by atoms with E-state index >= 15 is 0 Å². The first kappa shape index (κ1) is 15.6. The number of likely N-dealkylation sites (N-methyl/N-ethyl adjacent to an activating group) is 1. The molecule has 4 nitrogen and oxygen atoms in total. The standard InChI is InChI=1S/C13H21F3N2O2/c1-17-6-2-4-10(17)11-5-3-7-18(11)12(19)8-20-9-13(14,15)16/h10-11H,2-9H2,1H3/t10-,11-/m1/s1. The number of likely N-dealkylation sites (tertiary alicyclic amines) is 2. The van der Waals surface area contributed by atoms with Gasteiger partial charge < -0.3 is 14.5 Å². The van der Waals surface area contributed by atoms with Crippen LogP contribution in [0.5, 0.6) is 0 Å². The van der Waals surface area contributed by atoms with Crippen molar-refractivity contribution in [3.63, 3.8) is 0 Å². The van der Waals surface area contributed by atoms with Gasteiger partial charge in [-0.2, -0.15) is 13.2 Å². The second-order valence-electron chi connectivity index (χ2n) is 5.59. The van der Waals surface area contributed by atoms with E-state index in [1.165, 1.54) is 0 Å². The highest BCUT2D eigenvalue weighted by Crippen LogP contribution is 2.29. The molecule has 116 valence electrons. The van der Waals surface area contributed by atoms with Crippen LogP contribution in [0.3, 0.4) is 0 Å². The number of rotatable bonds is 4. The Morgan fingerprint density at radius 2 is 1.85 bits per heavy atom. The van der Waals surface area contributed by atoms with Gasteiger partial charge in [0.05, 0.1) is 0 Å². The molecule has 2 heterocycles. The molecule has 0 N–H and O–H groups in total. The fourth-order valence-electron chi connectivity index (χ4n) is 3.26. The lowest BCUT2D eigenvalue weighted by Gasteiger charge is -2.33. The molecule has 2 rings (SSSR count). The van der Waals surface area contributed by atoms with E-state index in [-0.39, 0.29) is 11.9 Å². The van der Waals surface area contributed by atoms with Gasteiger partial charge in [0, 0.05) is 18.6 Å². The van der Waals surface area contributed by atoms with Crippen molar-refractivity contribution in [3.05, 3.63) is 0 Å². The van der Waals surface area contributed by atoms with Crippen molar-refractivity contribution in [1.29, 1.82) is 0 Å². The topological polar surface area (TPSA) is 32.8 Å². The first-order chi connectivity index (χ1) is 9.38. The molecule has 0 aromatic rings. The molecule has 2 aliphatic rings. The van der Waals surface area contributed by atoms with Gasteiger partial charge in [0.15, 0.2) is 0 Å². The number of carbonyl (C=O) groups is 1. The highest BCUT2D eigenvalue weighted by Gasteiger charge is 2.38. The van der Waals surface area contributed by atoms with Crippen LogP contribution in [-0.2, 0) is 9.53 Å². The fraction of sp³-hybridized carbons (Fsp3) is 0.923. The van der Waals surface area contributed by atoms with Crippen LogP contribution in [0.4, 0.5) is 13.2 Å². The Morgan fingerprint density at radius 1 is 1.20 bits per heavy atom. The van der Waals surface area contributed by atoms with Gasteiger partial charge in [-0.25, -0.2) is 0 Å². The van der Waals surface area contributed by atoms with Gasteiger partial charge in [0.1, 0.15) is 13.2 Å². The van der Waals surface area contributed by atoms with E-state index < -0.39 is 19.4 Å². The SMILES string of the molecule is CN1CCC[C@@H]1[C@H]1CCCN1C(=O)COCC(F)(F)F. The average Bonchev–Trinajstić information content (AvgIpc) is 2.94. The number of alkyl halides is 3. The van der Waals surface area contributed by atoms with Crippen molar-refractivity contribution < 1.29 is 22.7 Å². The molecule has 2 saturated heterocycles. The minimum atomic E-state index is -4.38. The molecule has 1 amide bonds. The second-order valence-corrected chi connectivity index (χ2v) is 5.59. The van der Waals surface area contributed by atoms with E-state index in [0.717, 1.165) is 32.2 Å². The van der Waals surface area contributed by atoms with Gasteiger partial charge in [-0.15, -0.1) is 0 Å². The normalized spacial score (nSPS) is 28.3. The van der Waals surface area contributed by atoms with E-state index in [9.17, 15) is 18.0 Å². The second kappa shape index (κ2) is 6.30. The zero-order valence-corrected chi connectivity index (χ0v) is 11.7. The summed E-state index contributed by atoms with van der Waals surface area (Å²) in [7, 11) is 2.04. The number of carbonyl (C=O) groups excluding carboxylic acids is 1. The van der Waals surface area contributed by atoms with Crippen molar-refractivity contribution >= 4 is 5.91 Å². The van der Waals surface area contributed by atoms with Crippen LogP contribution >= 0.6 is 0 Å². The largest absolute Gasteiger partial charge is 0.411 e. The van der Waals surface area contributed by atoms with Gasteiger partial charge in [-0.3, -0.25) is 4.79 Å². The van der Waals surface area contributed by atoms with E-state index in [0.29, 0.717) is 12.6 Å². The lowest BCUT2D eigenvalue weighted by molar-refractivity contribution is -0.178. The summed E-state index contributed by atoms with van der Waals surface area (Å²) in [6, 6.07) is 0.466. The maximum Gasteiger partial charge on any atom is 0.411 e. The number of halogens is 3. The van der Waals surface area contributed by atoms with Crippen molar-refractivity contribution in [3.8, 4) is 0 Å². The first-order valence-corrected chi connectivity index (χ1v) is 7.03. The van der Waals surface area contributed by atoms with Crippen LogP contribution in [0.2, 0.25) is 0 Å². The van der Waals surface area contributed by atoms with Crippen LogP contribution in [0, 0.1) is 0 Å². The third-order valence-corrected chi connectivity index (χ3v) is 4.13. The number of nitrogens with zero attached hydrogens (tertiary/aromatic N) is 2. The number of amides is 1. The highest BCUT2D eigenvalue weighted by atomic mass is 19.4. The van der Waals surface area contributed by atoms with Crippen LogP contribution in [0.1, 0.15) is 25.7 Å². The molecule has 2 aliphatic heterocycles. The van der Waals surface area contributed by atoms with E-state index in [2.05, 4.69) is 9.64 Å². The Bertz CT molecular complexity index is 349. The molecule has 0 aromatic heterocycles. The molecule has 0 radical (unpaired) electrons. The molecular weight excluding hydrogens is 273 g/mol. The molecule has 0 bridgehead atoms. The van der Waals surface area contributed by atoms with Crippen LogP contribution in [0.25, 0.3) is 0 Å². The first-order valence-electron chi connectivity index (χ1n) is 7.03.